The summed E-state index contributed by atoms with van der Waals surface area (Å²) in [6, 6.07) is 6.27. The summed E-state index contributed by atoms with van der Waals surface area (Å²) in [6.07, 6.45) is 10.1. The molecule has 0 spiro atoms. The smallest absolute Gasteiger partial charge is 0.267 e. The third kappa shape index (κ3) is 4.15. The summed E-state index contributed by atoms with van der Waals surface area (Å²) in [5.74, 6) is 1.19. The van der Waals surface area contributed by atoms with Gasteiger partial charge in [-0.1, -0.05) is 25.3 Å². The van der Waals surface area contributed by atoms with Crippen molar-refractivity contribution in [1.29, 1.82) is 0 Å². The molecule has 1 heterocycles. The van der Waals surface area contributed by atoms with Crippen LogP contribution in [0.3, 0.4) is 0 Å². The molecule has 2 saturated carbocycles. The molecule has 4 rings (SSSR count). The Labute approximate surface area is 167 Å². The van der Waals surface area contributed by atoms with Crippen molar-refractivity contribution in [2.75, 3.05) is 13.1 Å². The molecule has 3 aliphatic rings. The molecule has 3 fully saturated rings. The predicted molar refractivity (Wildman–Crippen MR) is 109 cm³/mol. The maximum Gasteiger partial charge on any atom is 0.271 e. The molecule has 1 aromatic carbocycles. The fraction of sp³-hybridized carbons (Fsp3) is 0.619. The minimum atomic E-state index is -3.53. The van der Waals surface area contributed by atoms with Gasteiger partial charge in [-0.3, -0.25) is 4.79 Å². The Balaban J connectivity index is 1.42. The van der Waals surface area contributed by atoms with Gasteiger partial charge in [0.1, 0.15) is 0 Å². The molecule has 1 saturated heterocycles. The van der Waals surface area contributed by atoms with E-state index in [1.54, 1.807) is 18.2 Å². The largest absolute Gasteiger partial charge is 0.271 e. The van der Waals surface area contributed by atoms with Gasteiger partial charge in [0.15, 0.2) is 0 Å². The maximum absolute atomic E-state index is 12.7. The summed E-state index contributed by atoms with van der Waals surface area (Å²) >= 11 is 0. The van der Waals surface area contributed by atoms with Crippen molar-refractivity contribution < 1.29 is 13.2 Å². The first-order chi connectivity index (χ1) is 13.5. The summed E-state index contributed by atoms with van der Waals surface area (Å²) in [5, 5.41) is 4.38. The summed E-state index contributed by atoms with van der Waals surface area (Å²) in [6.45, 7) is 1.10. The van der Waals surface area contributed by atoms with Crippen molar-refractivity contribution in [2.45, 2.75) is 62.7 Å². The average Bonchev–Trinajstić information content (AvgIpc) is 3.28. The van der Waals surface area contributed by atoms with Crippen LogP contribution in [0.25, 0.3) is 0 Å². The Hall–Kier alpha value is -1.73. The van der Waals surface area contributed by atoms with Crippen LogP contribution >= 0.6 is 0 Å². The Morgan fingerprint density at radius 3 is 2.57 bits per heavy atom. The number of rotatable bonds is 4. The molecule has 0 radical (unpaired) electrons. The van der Waals surface area contributed by atoms with Gasteiger partial charge in [0.05, 0.1) is 4.90 Å². The standard InChI is InChI=1S/C21H29N3O3S/c25-21(23-22-19-11-10-16-6-1-2-7-17(16)14-19)18-8-5-9-20(15-18)28(26,27)24-12-3-4-13-24/h5,8-9,15-17H,1-4,6-7,10-14H2,(H,23,25)/b22-19+/t16-,17-/m1/s1. The van der Waals surface area contributed by atoms with Crippen LogP contribution in [-0.2, 0) is 10.0 Å². The molecule has 0 unspecified atom stereocenters. The maximum atomic E-state index is 12.7. The fourth-order valence-corrected chi connectivity index (χ4v) is 6.42. The number of hydrazone groups is 1. The first kappa shape index (κ1) is 19.6. The van der Waals surface area contributed by atoms with E-state index in [-0.39, 0.29) is 10.8 Å². The number of benzene rings is 1. The second kappa shape index (κ2) is 8.33. The van der Waals surface area contributed by atoms with E-state index in [4.69, 9.17) is 0 Å². The minimum Gasteiger partial charge on any atom is -0.267 e. The monoisotopic (exact) mass is 403 g/mol. The van der Waals surface area contributed by atoms with Crippen molar-refractivity contribution in [2.24, 2.45) is 16.9 Å². The highest BCUT2D eigenvalue weighted by Crippen LogP contribution is 2.39. The topological polar surface area (TPSA) is 78.8 Å². The first-order valence-corrected chi connectivity index (χ1v) is 11.9. The molecule has 152 valence electrons. The van der Waals surface area contributed by atoms with Gasteiger partial charge in [-0.25, -0.2) is 13.8 Å². The van der Waals surface area contributed by atoms with Crippen LogP contribution in [-0.4, -0.2) is 37.4 Å². The molecule has 1 aromatic rings. The summed E-state index contributed by atoms with van der Waals surface area (Å²) in [4.78, 5) is 12.7. The third-order valence-electron chi connectivity index (χ3n) is 6.48. The Morgan fingerprint density at radius 2 is 1.79 bits per heavy atom. The SMILES string of the molecule is O=C(N/N=C1\CC[C@H]2CCCC[C@@H]2C1)c1cccc(S(=O)(=O)N2CCCC2)c1. The van der Waals surface area contributed by atoms with Crippen LogP contribution < -0.4 is 5.43 Å². The second-order valence-corrected chi connectivity index (χ2v) is 10.2. The summed E-state index contributed by atoms with van der Waals surface area (Å²) in [5.41, 5.74) is 4.05. The average molecular weight is 404 g/mol. The molecule has 1 amide bonds. The first-order valence-electron chi connectivity index (χ1n) is 10.5. The normalized spacial score (nSPS) is 27.5. The van der Waals surface area contributed by atoms with Gasteiger partial charge in [0, 0.05) is 24.4 Å². The highest BCUT2D eigenvalue weighted by atomic mass is 32.2. The second-order valence-electron chi connectivity index (χ2n) is 8.31. The molecule has 7 heteroatoms. The Bertz CT molecular complexity index is 859. The molecule has 6 nitrogen and oxygen atoms in total. The number of hydrogen-bond acceptors (Lipinski definition) is 4. The number of carbonyl (C=O) groups excluding carboxylic acids is 1. The van der Waals surface area contributed by atoms with E-state index in [1.807, 2.05) is 0 Å². The lowest BCUT2D eigenvalue weighted by molar-refractivity contribution is 0.0954. The molecule has 1 N–H and O–H groups in total. The lowest BCUT2D eigenvalue weighted by Crippen LogP contribution is -2.30. The van der Waals surface area contributed by atoms with E-state index < -0.39 is 10.0 Å². The molecule has 2 atom stereocenters. The van der Waals surface area contributed by atoms with Gasteiger partial charge in [-0.15, -0.1) is 0 Å². The zero-order valence-corrected chi connectivity index (χ0v) is 17.1. The molecule has 2 aliphatic carbocycles. The fourth-order valence-electron chi connectivity index (χ4n) is 4.86. The van der Waals surface area contributed by atoms with E-state index in [9.17, 15) is 13.2 Å². The highest BCUT2D eigenvalue weighted by Gasteiger charge is 2.30. The van der Waals surface area contributed by atoms with Crippen LogP contribution in [0.4, 0.5) is 0 Å². The minimum absolute atomic E-state index is 0.178. The van der Waals surface area contributed by atoms with Crippen molar-refractivity contribution in [3.05, 3.63) is 29.8 Å². The highest BCUT2D eigenvalue weighted by molar-refractivity contribution is 7.89. The van der Waals surface area contributed by atoms with Crippen LogP contribution in [0.5, 0.6) is 0 Å². The van der Waals surface area contributed by atoms with Gasteiger partial charge in [-0.2, -0.15) is 9.41 Å². The zero-order valence-electron chi connectivity index (χ0n) is 16.3. The van der Waals surface area contributed by atoms with Crippen LogP contribution in [0, 0.1) is 11.8 Å². The number of hydrogen-bond donors (Lipinski definition) is 1. The third-order valence-corrected chi connectivity index (χ3v) is 8.38. The van der Waals surface area contributed by atoms with E-state index in [0.717, 1.165) is 37.3 Å². The number of nitrogens with zero attached hydrogens (tertiary/aromatic N) is 2. The van der Waals surface area contributed by atoms with E-state index in [0.29, 0.717) is 24.6 Å². The number of carbonyl (C=O) groups is 1. The molecule has 0 aromatic heterocycles. The van der Waals surface area contributed by atoms with Gasteiger partial charge in [0.25, 0.3) is 5.91 Å². The molecule has 28 heavy (non-hydrogen) atoms. The van der Waals surface area contributed by atoms with Crippen molar-refractivity contribution in [3.63, 3.8) is 0 Å². The van der Waals surface area contributed by atoms with Crippen molar-refractivity contribution >= 4 is 21.6 Å². The lowest BCUT2D eigenvalue weighted by Gasteiger charge is -2.35. The molecule has 1 aliphatic heterocycles. The molecule has 0 bridgehead atoms. The Kier molecular flexibility index (Phi) is 5.83. The van der Waals surface area contributed by atoms with Crippen molar-refractivity contribution in [1.82, 2.24) is 9.73 Å². The van der Waals surface area contributed by atoms with E-state index in [2.05, 4.69) is 10.5 Å². The number of amides is 1. The zero-order chi connectivity index (χ0) is 19.6. The molecular weight excluding hydrogens is 374 g/mol. The van der Waals surface area contributed by atoms with Crippen LogP contribution in [0.15, 0.2) is 34.3 Å². The molecular formula is C21H29N3O3S. The van der Waals surface area contributed by atoms with Crippen LogP contribution in [0.1, 0.15) is 68.1 Å². The van der Waals surface area contributed by atoms with Gasteiger partial charge >= 0.3 is 0 Å². The van der Waals surface area contributed by atoms with E-state index in [1.165, 1.54) is 42.5 Å². The van der Waals surface area contributed by atoms with Crippen LogP contribution in [0.2, 0.25) is 0 Å². The predicted octanol–water partition coefficient (Wildman–Crippen LogP) is 3.55. The Morgan fingerprint density at radius 1 is 1.04 bits per heavy atom. The number of fused-ring (bicyclic) bond motifs is 1. The summed E-state index contributed by atoms with van der Waals surface area (Å²) in [7, 11) is -3.53. The van der Waals surface area contributed by atoms with Crippen molar-refractivity contribution in [3.8, 4) is 0 Å². The van der Waals surface area contributed by atoms with Gasteiger partial charge < -0.3 is 0 Å². The summed E-state index contributed by atoms with van der Waals surface area (Å²) < 4.78 is 26.9. The number of sulfonamides is 1. The lowest BCUT2D eigenvalue weighted by atomic mass is 9.70. The van der Waals surface area contributed by atoms with Gasteiger partial charge in [0.2, 0.25) is 10.0 Å². The van der Waals surface area contributed by atoms with E-state index >= 15 is 0 Å². The van der Waals surface area contributed by atoms with Gasteiger partial charge in [-0.05, 0) is 68.6 Å². The number of nitrogens with one attached hydrogen (secondary N) is 1. The quantitative estimate of drug-likeness (QED) is 0.781.